The summed E-state index contributed by atoms with van der Waals surface area (Å²) in [6.45, 7) is 3.25. The summed E-state index contributed by atoms with van der Waals surface area (Å²) in [6, 6.07) is 2.71. The molecule has 1 aromatic carbocycles. The van der Waals surface area contributed by atoms with E-state index in [1.54, 1.807) is 13.8 Å². The van der Waals surface area contributed by atoms with E-state index < -0.39 is 26.2 Å². The summed E-state index contributed by atoms with van der Waals surface area (Å²) >= 11 is -3.75. The van der Waals surface area contributed by atoms with E-state index in [0.29, 0.717) is 14.6 Å². The van der Waals surface area contributed by atoms with Gasteiger partial charge in [-0.15, -0.1) is 0 Å². The van der Waals surface area contributed by atoms with Gasteiger partial charge in [0.1, 0.15) is 0 Å². The van der Waals surface area contributed by atoms with Crippen LogP contribution in [0.25, 0.3) is 0 Å². The van der Waals surface area contributed by atoms with Crippen LogP contribution in [0.1, 0.15) is 21.5 Å². The van der Waals surface area contributed by atoms with Crippen molar-refractivity contribution in [2.24, 2.45) is 0 Å². The monoisotopic (exact) mass is 302 g/mol. The van der Waals surface area contributed by atoms with Gasteiger partial charge in [-0.2, -0.15) is 0 Å². The molecule has 0 aromatic heterocycles. The molecule has 4 nitrogen and oxygen atoms in total. The van der Waals surface area contributed by atoms with Gasteiger partial charge >= 0.3 is 88.3 Å². The molecule has 74 valence electrons. The van der Waals surface area contributed by atoms with Crippen LogP contribution in [0.2, 0.25) is 0 Å². The molecule has 0 saturated carbocycles. The van der Waals surface area contributed by atoms with E-state index in [4.69, 9.17) is 5.11 Å². The minimum atomic E-state index is -3.75. The van der Waals surface area contributed by atoms with Gasteiger partial charge in [-0.25, -0.2) is 0 Å². The van der Waals surface area contributed by atoms with Crippen molar-refractivity contribution < 1.29 is 15.9 Å². The number of benzene rings is 1. The van der Waals surface area contributed by atoms with Gasteiger partial charge in [-0.3, -0.25) is 0 Å². The summed E-state index contributed by atoms with van der Waals surface area (Å²) in [4.78, 5) is 10.7. The fraction of sp³-hybridized carbons (Fsp3) is 0.222. The molecule has 1 rings (SSSR count). The first kappa shape index (κ1) is 11.2. The number of hydrogen-bond acceptors (Lipinski definition) is 3. The van der Waals surface area contributed by atoms with Gasteiger partial charge in [-0.1, -0.05) is 0 Å². The molecular weight excluding hydrogens is 294 g/mol. The van der Waals surface area contributed by atoms with Crippen molar-refractivity contribution in [3.63, 3.8) is 0 Å². The van der Waals surface area contributed by atoms with Gasteiger partial charge in [-0.05, 0) is 0 Å². The second kappa shape index (κ2) is 4.09. The zero-order valence-electron chi connectivity index (χ0n) is 7.77. The van der Waals surface area contributed by atoms with Crippen molar-refractivity contribution >= 4 is 29.7 Å². The normalized spacial score (nSPS) is 9.86. The molecule has 14 heavy (non-hydrogen) atoms. The topological polar surface area (TPSA) is 71.4 Å². The molecule has 0 heterocycles. The Morgan fingerprint density at radius 1 is 1.21 bits per heavy atom. The molecule has 0 radical (unpaired) electrons. The van der Waals surface area contributed by atoms with Crippen LogP contribution >= 0.6 is 0 Å². The van der Waals surface area contributed by atoms with Gasteiger partial charge < -0.3 is 0 Å². The van der Waals surface area contributed by atoms with Crippen LogP contribution in [0, 0.1) is 13.8 Å². The molecule has 0 aliphatic rings. The van der Waals surface area contributed by atoms with Crippen molar-refractivity contribution in [1.29, 1.82) is 0 Å². The fourth-order valence-corrected chi connectivity index (χ4v) is 3.06. The SMILES string of the molecule is Cc1c(C(=O)O)cc[c]([Sb](=[O])=[O])c1C. The molecule has 5 heteroatoms. The summed E-state index contributed by atoms with van der Waals surface area (Å²) in [7, 11) is 0. The van der Waals surface area contributed by atoms with Crippen molar-refractivity contribution in [1.82, 2.24) is 0 Å². The molecule has 0 fully saturated rings. The van der Waals surface area contributed by atoms with Crippen LogP contribution in [0.15, 0.2) is 12.1 Å². The Bertz CT molecular complexity index is 452. The van der Waals surface area contributed by atoms with Crippen LogP contribution < -0.4 is 3.51 Å². The number of carbonyl (C=O) groups is 1. The van der Waals surface area contributed by atoms with Crippen LogP contribution in [0.5, 0.6) is 0 Å². The standard InChI is InChI=1S/C9H9O2.2O.Sb/c1-6-4-3-5-8(7(6)2)9(10)11;;;/h3,5H,1-2H3,(H,10,11);;;. The van der Waals surface area contributed by atoms with Gasteiger partial charge in [0.15, 0.2) is 0 Å². The van der Waals surface area contributed by atoms with Crippen molar-refractivity contribution in [2.75, 3.05) is 0 Å². The quantitative estimate of drug-likeness (QED) is 0.810. The van der Waals surface area contributed by atoms with Crippen molar-refractivity contribution in [2.45, 2.75) is 13.8 Å². The number of hydrogen-bond donors (Lipinski definition) is 1. The summed E-state index contributed by atoms with van der Waals surface area (Å²) < 4.78 is 22.0. The van der Waals surface area contributed by atoms with E-state index in [2.05, 4.69) is 0 Å². The van der Waals surface area contributed by atoms with Crippen LogP contribution in [-0.4, -0.2) is 31.3 Å². The van der Waals surface area contributed by atoms with E-state index in [1.807, 2.05) is 0 Å². The molecule has 0 unspecified atom stereocenters. The first-order chi connectivity index (χ1) is 6.45. The van der Waals surface area contributed by atoms with E-state index >= 15 is 0 Å². The Labute approximate surface area is 88.3 Å². The molecule has 0 saturated heterocycles. The average molecular weight is 303 g/mol. The zero-order chi connectivity index (χ0) is 10.9. The fourth-order valence-electron chi connectivity index (χ4n) is 1.24. The van der Waals surface area contributed by atoms with Crippen molar-refractivity contribution in [3.8, 4) is 0 Å². The number of carboxylic acids is 1. The third-order valence-corrected chi connectivity index (χ3v) is 4.69. The molecule has 0 bridgehead atoms. The molecule has 0 spiro atoms. The summed E-state index contributed by atoms with van der Waals surface area (Å²) in [5.74, 6) is -1.03. The summed E-state index contributed by atoms with van der Waals surface area (Å²) in [5, 5.41) is 8.78. The number of rotatable bonds is 2. The summed E-state index contributed by atoms with van der Waals surface area (Å²) in [6.07, 6.45) is 0. The third kappa shape index (κ3) is 1.95. The zero-order valence-corrected chi connectivity index (χ0v) is 10.3. The first-order valence-electron chi connectivity index (χ1n) is 3.93. The Morgan fingerprint density at radius 3 is 2.21 bits per heavy atom. The molecule has 1 N–H and O–H groups in total. The second-order valence-corrected chi connectivity index (χ2v) is 5.79. The average Bonchev–Trinajstić information content (AvgIpc) is 2.08. The maximum absolute atomic E-state index is 10.9. The van der Waals surface area contributed by atoms with Gasteiger partial charge in [0, 0.05) is 0 Å². The Hall–Kier alpha value is -0.892. The van der Waals surface area contributed by atoms with Crippen LogP contribution in [-0.2, 0) is 6.03 Å². The minimum absolute atomic E-state index is 0.161. The second-order valence-electron chi connectivity index (χ2n) is 2.94. The maximum atomic E-state index is 10.9. The predicted molar refractivity (Wildman–Crippen MR) is 49.6 cm³/mol. The Morgan fingerprint density at radius 2 is 1.79 bits per heavy atom. The Kier molecular flexibility index (Phi) is 3.27. The number of carboxylic acid groups (broad SMARTS) is 1. The number of aromatic carboxylic acids is 1. The molecule has 1 aromatic rings. The predicted octanol–water partition coefficient (Wildman–Crippen LogP) is 0.558. The van der Waals surface area contributed by atoms with E-state index in [9.17, 15) is 10.8 Å². The first-order valence-corrected chi connectivity index (χ1v) is 7.29. The molecule has 0 aliphatic carbocycles. The van der Waals surface area contributed by atoms with E-state index in [-0.39, 0.29) is 5.56 Å². The molecule has 0 aliphatic heterocycles. The van der Waals surface area contributed by atoms with E-state index in [1.165, 1.54) is 12.1 Å². The van der Waals surface area contributed by atoms with Gasteiger partial charge in [0.25, 0.3) is 0 Å². The van der Waals surface area contributed by atoms with E-state index in [0.717, 1.165) is 0 Å². The van der Waals surface area contributed by atoms with Gasteiger partial charge in [0.05, 0.1) is 0 Å². The van der Waals surface area contributed by atoms with Crippen molar-refractivity contribution in [3.05, 3.63) is 28.8 Å². The summed E-state index contributed by atoms with van der Waals surface area (Å²) in [5.41, 5.74) is 1.24. The van der Waals surface area contributed by atoms with Crippen LogP contribution in [0.4, 0.5) is 0 Å². The Balaban J connectivity index is 3.48. The van der Waals surface area contributed by atoms with Crippen LogP contribution in [0.3, 0.4) is 0 Å². The molecule has 0 amide bonds. The third-order valence-electron chi connectivity index (χ3n) is 2.19. The molecular formula is C9H9O4Sb. The van der Waals surface area contributed by atoms with Gasteiger partial charge in [0.2, 0.25) is 0 Å². The molecule has 0 atom stereocenters.